The van der Waals surface area contributed by atoms with Crippen LogP contribution in [0.5, 0.6) is 0 Å². The summed E-state index contributed by atoms with van der Waals surface area (Å²) in [6.45, 7) is 5.11. The number of unbranched alkanes of at least 4 members (excludes halogenated alkanes) is 4. The summed E-state index contributed by atoms with van der Waals surface area (Å²) >= 11 is 0. The Morgan fingerprint density at radius 2 is 2.03 bits per heavy atom. The summed E-state index contributed by atoms with van der Waals surface area (Å²) in [4.78, 5) is 19.4. The molecule has 1 aliphatic heterocycles. The second-order valence-electron chi connectivity index (χ2n) is 8.68. The Bertz CT molecular complexity index is 1130. The quantitative estimate of drug-likeness (QED) is 0.363. The Hall–Kier alpha value is -3.40. The van der Waals surface area contributed by atoms with Crippen LogP contribution < -0.4 is 10.6 Å². The lowest BCUT2D eigenvalue weighted by molar-refractivity contribution is 0.102. The number of nitrogens with one attached hydrogen (secondary N) is 2. The van der Waals surface area contributed by atoms with Crippen molar-refractivity contribution in [3.05, 3.63) is 78.4 Å². The highest BCUT2D eigenvalue weighted by Crippen LogP contribution is 2.16. The van der Waals surface area contributed by atoms with E-state index in [2.05, 4.69) is 39.3 Å². The normalized spacial score (nSPS) is 15.6. The molecule has 1 fully saturated rings. The van der Waals surface area contributed by atoms with Crippen molar-refractivity contribution in [3.63, 3.8) is 0 Å². The number of amides is 1. The molecule has 0 bridgehead atoms. The number of nitrogens with zero attached hydrogens (tertiary/aromatic N) is 3. The van der Waals surface area contributed by atoms with E-state index in [0.717, 1.165) is 36.7 Å². The van der Waals surface area contributed by atoms with E-state index >= 15 is 0 Å². The molecule has 2 N–H and O–H groups in total. The van der Waals surface area contributed by atoms with Gasteiger partial charge in [-0.1, -0.05) is 56.6 Å². The zero-order valence-electron chi connectivity index (χ0n) is 19.8. The van der Waals surface area contributed by atoms with Gasteiger partial charge in [-0.3, -0.25) is 9.69 Å². The van der Waals surface area contributed by atoms with E-state index < -0.39 is 0 Å². The molecule has 176 valence electrons. The molecular weight excluding hydrogens is 422 g/mol. The molecule has 34 heavy (non-hydrogen) atoms. The topological polar surface area (TPSA) is 62.2 Å². The summed E-state index contributed by atoms with van der Waals surface area (Å²) in [6.07, 6.45) is 11.7. The third-order valence-electron chi connectivity index (χ3n) is 6.06. The van der Waals surface area contributed by atoms with Crippen molar-refractivity contribution in [1.82, 2.24) is 19.8 Å². The lowest BCUT2D eigenvalue weighted by atomic mass is 10.1. The third kappa shape index (κ3) is 6.57. The highest BCUT2D eigenvalue weighted by Gasteiger charge is 2.21. The minimum Gasteiger partial charge on any atom is -0.322 e. The molecule has 6 nitrogen and oxygen atoms in total. The van der Waals surface area contributed by atoms with E-state index in [0.29, 0.717) is 5.56 Å². The second kappa shape index (κ2) is 12.2. The maximum absolute atomic E-state index is 12.9. The Labute approximate surface area is 202 Å². The molecule has 2 heterocycles. The van der Waals surface area contributed by atoms with Gasteiger partial charge in [0.15, 0.2) is 0 Å². The molecule has 0 aliphatic carbocycles. The fourth-order valence-electron chi connectivity index (χ4n) is 4.14. The van der Waals surface area contributed by atoms with Crippen LogP contribution in [0.3, 0.4) is 0 Å². The number of hydrogen-bond donors (Lipinski definition) is 2. The minimum absolute atomic E-state index is 0.150. The molecule has 1 aliphatic rings. The predicted molar refractivity (Wildman–Crippen MR) is 137 cm³/mol. The molecule has 1 amide bonds. The van der Waals surface area contributed by atoms with Crippen molar-refractivity contribution in [3.8, 4) is 17.5 Å². The van der Waals surface area contributed by atoms with Gasteiger partial charge in [0.25, 0.3) is 5.91 Å². The van der Waals surface area contributed by atoms with Gasteiger partial charge in [-0.05, 0) is 42.8 Å². The van der Waals surface area contributed by atoms with Gasteiger partial charge >= 0.3 is 0 Å². The number of rotatable bonds is 9. The number of anilines is 1. The number of aromatic nitrogens is 2. The van der Waals surface area contributed by atoms with Gasteiger partial charge < -0.3 is 15.2 Å². The summed E-state index contributed by atoms with van der Waals surface area (Å²) in [5.41, 5.74) is 3.13. The predicted octanol–water partition coefficient (Wildman–Crippen LogP) is 4.68. The van der Waals surface area contributed by atoms with E-state index in [1.807, 2.05) is 59.3 Å². The first-order valence-electron chi connectivity index (χ1n) is 12.2. The van der Waals surface area contributed by atoms with Crippen molar-refractivity contribution < 1.29 is 4.79 Å². The van der Waals surface area contributed by atoms with Crippen LogP contribution in [-0.4, -0.2) is 46.2 Å². The lowest BCUT2D eigenvalue weighted by Crippen LogP contribution is -2.30. The number of carbonyl (C=O) groups excluding carboxylic acids is 1. The molecule has 1 saturated heterocycles. The Kier molecular flexibility index (Phi) is 8.50. The maximum atomic E-state index is 12.9. The minimum atomic E-state index is -0.150. The maximum Gasteiger partial charge on any atom is 0.255 e. The fourth-order valence-corrected chi connectivity index (χ4v) is 4.14. The number of benzene rings is 2. The molecule has 3 aromatic rings. The third-order valence-corrected chi connectivity index (χ3v) is 6.06. The monoisotopic (exact) mass is 455 g/mol. The van der Waals surface area contributed by atoms with Crippen LogP contribution in [0.4, 0.5) is 5.69 Å². The standard InChI is InChI=1S/C28H33N5O/c1-2-3-4-5-6-16-32-22-30-20-27(32)14-13-23-9-7-10-24(18-23)28(34)31-25-11-8-12-26(19-25)33-17-15-29-21-33/h7-12,15,17-19,21,27,30H,2-6,16,20,22H2,1H3,(H,31,34). The van der Waals surface area contributed by atoms with E-state index in [1.54, 1.807) is 12.5 Å². The average molecular weight is 456 g/mol. The molecule has 1 atom stereocenters. The molecule has 0 radical (unpaired) electrons. The molecule has 4 rings (SSSR count). The van der Waals surface area contributed by atoms with E-state index in [9.17, 15) is 4.79 Å². The van der Waals surface area contributed by atoms with Gasteiger partial charge in [-0.25, -0.2) is 4.98 Å². The van der Waals surface area contributed by atoms with E-state index in [1.165, 1.54) is 32.1 Å². The van der Waals surface area contributed by atoms with Crippen molar-refractivity contribution in [1.29, 1.82) is 0 Å². The summed E-state index contributed by atoms with van der Waals surface area (Å²) in [5.74, 6) is 6.55. The van der Waals surface area contributed by atoms with Crippen LogP contribution in [0.25, 0.3) is 5.69 Å². The van der Waals surface area contributed by atoms with Crippen LogP contribution in [0, 0.1) is 11.8 Å². The first-order chi connectivity index (χ1) is 16.7. The van der Waals surface area contributed by atoms with Crippen molar-refractivity contribution in [2.75, 3.05) is 25.1 Å². The number of imidazole rings is 1. The van der Waals surface area contributed by atoms with Gasteiger partial charge in [0, 0.05) is 54.7 Å². The largest absolute Gasteiger partial charge is 0.322 e. The van der Waals surface area contributed by atoms with E-state index in [4.69, 9.17) is 0 Å². The average Bonchev–Trinajstić information content (AvgIpc) is 3.55. The van der Waals surface area contributed by atoms with E-state index in [-0.39, 0.29) is 11.9 Å². The molecule has 0 saturated carbocycles. The van der Waals surface area contributed by atoms with Gasteiger partial charge in [0.2, 0.25) is 0 Å². The molecule has 6 heteroatoms. The summed E-state index contributed by atoms with van der Waals surface area (Å²) in [6, 6.07) is 15.4. The first kappa shape index (κ1) is 23.7. The second-order valence-corrected chi connectivity index (χ2v) is 8.68. The van der Waals surface area contributed by atoms with Crippen LogP contribution in [0.2, 0.25) is 0 Å². The SMILES string of the molecule is CCCCCCCN1CNCC1C#Cc1cccc(C(=O)Nc2cccc(-n3ccnc3)c2)c1. The van der Waals surface area contributed by atoms with Crippen LogP contribution in [0.1, 0.15) is 54.9 Å². The summed E-state index contributed by atoms with van der Waals surface area (Å²) in [7, 11) is 0. The first-order valence-corrected chi connectivity index (χ1v) is 12.2. The van der Waals surface area contributed by atoms with Gasteiger partial charge in [0.05, 0.1) is 12.4 Å². The molecule has 1 aromatic heterocycles. The molecule has 0 spiro atoms. The van der Waals surface area contributed by atoms with Crippen LogP contribution in [0.15, 0.2) is 67.3 Å². The summed E-state index contributed by atoms with van der Waals surface area (Å²) in [5, 5.41) is 6.43. The lowest BCUT2D eigenvalue weighted by Gasteiger charge is -2.18. The number of hydrogen-bond acceptors (Lipinski definition) is 4. The van der Waals surface area contributed by atoms with Crippen molar-refractivity contribution in [2.24, 2.45) is 0 Å². The highest BCUT2D eigenvalue weighted by atomic mass is 16.1. The molecule has 1 unspecified atom stereocenters. The number of carbonyl (C=O) groups is 1. The smallest absolute Gasteiger partial charge is 0.255 e. The van der Waals surface area contributed by atoms with Crippen molar-refractivity contribution in [2.45, 2.75) is 45.1 Å². The van der Waals surface area contributed by atoms with Crippen LogP contribution in [-0.2, 0) is 0 Å². The molecular formula is C28H33N5O. The van der Waals surface area contributed by atoms with Crippen molar-refractivity contribution >= 4 is 11.6 Å². The Morgan fingerprint density at radius 3 is 2.88 bits per heavy atom. The van der Waals surface area contributed by atoms with Gasteiger partial charge in [-0.15, -0.1) is 0 Å². The zero-order chi connectivity index (χ0) is 23.6. The molecule has 2 aromatic carbocycles. The Morgan fingerprint density at radius 1 is 1.15 bits per heavy atom. The van der Waals surface area contributed by atoms with Gasteiger partial charge in [0.1, 0.15) is 0 Å². The van der Waals surface area contributed by atoms with Gasteiger partial charge in [-0.2, -0.15) is 0 Å². The fraction of sp³-hybridized carbons (Fsp3) is 0.357. The van der Waals surface area contributed by atoms with Crippen LogP contribution >= 0.6 is 0 Å². The summed E-state index contributed by atoms with van der Waals surface area (Å²) < 4.78 is 1.90. The zero-order valence-corrected chi connectivity index (χ0v) is 19.8. The Balaban J connectivity index is 1.36. The highest BCUT2D eigenvalue weighted by molar-refractivity contribution is 6.04.